The van der Waals surface area contributed by atoms with Gasteiger partial charge in [-0.25, -0.2) is 0 Å². The molecule has 1 heterocycles. The number of hydrogen-bond donors (Lipinski definition) is 0. The van der Waals surface area contributed by atoms with Gasteiger partial charge in [0.25, 0.3) is 0 Å². The lowest BCUT2D eigenvalue weighted by atomic mass is 10.1. The lowest BCUT2D eigenvalue weighted by Gasteiger charge is -2.13. The second-order valence-corrected chi connectivity index (χ2v) is 4.71. The van der Waals surface area contributed by atoms with Gasteiger partial charge in [-0.2, -0.15) is 0 Å². The minimum atomic E-state index is 0.269. The van der Waals surface area contributed by atoms with Crippen LogP contribution in [0.5, 0.6) is 0 Å². The summed E-state index contributed by atoms with van der Waals surface area (Å²) in [7, 11) is 0. The second-order valence-electron chi connectivity index (χ2n) is 2.66. The van der Waals surface area contributed by atoms with Crippen molar-refractivity contribution in [1.82, 2.24) is 0 Å². The highest BCUT2D eigenvalue weighted by molar-refractivity contribution is 9.10. The van der Waals surface area contributed by atoms with Crippen LogP contribution in [0.2, 0.25) is 0 Å². The molecule has 0 spiro atoms. The number of ketones is 1. The van der Waals surface area contributed by atoms with Crippen molar-refractivity contribution in [3.63, 3.8) is 0 Å². The number of thioether (sulfide) groups is 1. The van der Waals surface area contributed by atoms with Crippen molar-refractivity contribution in [2.24, 2.45) is 0 Å². The van der Waals surface area contributed by atoms with Crippen LogP contribution in [0.3, 0.4) is 0 Å². The van der Waals surface area contributed by atoms with Crippen LogP contribution in [0.4, 0.5) is 0 Å². The molecule has 2 rings (SSSR count). The molecule has 74 valence electrons. The fourth-order valence-corrected chi connectivity index (χ4v) is 2.60. The molecule has 0 unspecified atom stereocenters. The van der Waals surface area contributed by atoms with Crippen molar-refractivity contribution >= 4 is 33.5 Å². The number of carbonyl (C=O) groups excluding carboxylic acids is 1. The normalized spacial score (nSPS) is 13.9. The highest BCUT2D eigenvalue weighted by Gasteiger charge is 2.16. The first-order chi connectivity index (χ1) is 6.77. The third kappa shape index (κ3) is 2.49. The summed E-state index contributed by atoms with van der Waals surface area (Å²) in [6.07, 6.45) is 0.675. The summed E-state index contributed by atoms with van der Waals surface area (Å²) in [5, 5.41) is 0. The Morgan fingerprint density at radius 3 is 2.79 bits per heavy atom. The molecule has 0 atom stereocenters. The second kappa shape index (κ2) is 5.37. The molecule has 0 N–H and O–H groups in total. The van der Waals surface area contributed by atoms with Crippen molar-refractivity contribution in [1.29, 1.82) is 0 Å². The van der Waals surface area contributed by atoms with E-state index in [-0.39, 0.29) is 5.78 Å². The van der Waals surface area contributed by atoms with Gasteiger partial charge in [0.05, 0.1) is 0 Å². The van der Waals surface area contributed by atoms with Crippen LogP contribution in [0.1, 0.15) is 16.8 Å². The van der Waals surface area contributed by atoms with E-state index in [9.17, 15) is 4.79 Å². The number of Topliss-reactive ketones (excluding diaryl/α,β-unsaturated/α-hetero) is 1. The Morgan fingerprint density at radius 2 is 2.07 bits per heavy atom. The van der Waals surface area contributed by atoms with E-state index in [0.29, 0.717) is 6.42 Å². The smallest absolute Gasteiger partial charge is 0.164 e. The van der Waals surface area contributed by atoms with Gasteiger partial charge in [-0.15, -0.1) is 24.9 Å². The van der Waals surface area contributed by atoms with E-state index >= 15 is 0 Å². The van der Waals surface area contributed by atoms with Gasteiger partial charge in [-0.1, -0.05) is 15.9 Å². The van der Waals surface area contributed by atoms with E-state index in [1.807, 2.05) is 18.2 Å². The molecule has 1 nitrogen and oxygen atoms in total. The Morgan fingerprint density at radius 1 is 1.36 bits per heavy atom. The Hall–Kier alpha value is -0.540. The molecule has 0 saturated heterocycles. The Kier molecular flexibility index (Phi) is 4.42. The minimum absolute atomic E-state index is 0.269. The molecule has 0 saturated carbocycles. The van der Waals surface area contributed by atoms with Crippen LogP contribution in [-0.2, 0) is 0 Å². The first-order valence-corrected chi connectivity index (χ1v) is 6.01. The average Bonchev–Trinajstić information content (AvgIpc) is 2.22. The van der Waals surface area contributed by atoms with E-state index < -0.39 is 0 Å². The molecule has 0 amide bonds. The zero-order chi connectivity index (χ0) is 10.6. The molecule has 0 bridgehead atoms. The molecule has 0 fully saturated rings. The van der Waals surface area contributed by atoms with Gasteiger partial charge in [-0.3, -0.25) is 4.79 Å². The van der Waals surface area contributed by atoms with Gasteiger partial charge in [0.15, 0.2) is 5.78 Å². The number of rotatable bonds is 0. The number of halogens is 1. The summed E-state index contributed by atoms with van der Waals surface area (Å²) >= 11 is 5.12. The van der Waals surface area contributed by atoms with Crippen LogP contribution >= 0.6 is 27.7 Å². The first kappa shape index (κ1) is 11.5. The summed E-state index contributed by atoms with van der Waals surface area (Å²) in [5.41, 5.74) is 0.876. The fraction of sp³-hybridized carbons (Fsp3) is 0.182. The van der Waals surface area contributed by atoms with Crippen LogP contribution in [0.15, 0.2) is 40.7 Å². The minimum Gasteiger partial charge on any atom is -0.294 e. The SMILES string of the molecule is C=C.O=C1CCSc2ccc(Br)cc21. The monoisotopic (exact) mass is 270 g/mol. The molecule has 3 heteroatoms. The van der Waals surface area contributed by atoms with Crippen LogP contribution in [-0.4, -0.2) is 11.5 Å². The molecule has 1 aromatic rings. The Labute approximate surface area is 96.7 Å². The average molecular weight is 271 g/mol. The summed E-state index contributed by atoms with van der Waals surface area (Å²) in [4.78, 5) is 12.5. The van der Waals surface area contributed by atoms with Crippen molar-refractivity contribution in [3.05, 3.63) is 41.4 Å². The van der Waals surface area contributed by atoms with Gasteiger partial charge in [-0.05, 0) is 18.2 Å². The zero-order valence-corrected chi connectivity index (χ0v) is 10.2. The topological polar surface area (TPSA) is 17.1 Å². The van der Waals surface area contributed by atoms with Gasteiger partial charge < -0.3 is 0 Å². The zero-order valence-electron chi connectivity index (χ0n) is 7.75. The lowest BCUT2D eigenvalue weighted by molar-refractivity contribution is 0.0984. The largest absolute Gasteiger partial charge is 0.294 e. The summed E-state index contributed by atoms with van der Waals surface area (Å²) in [6, 6.07) is 5.88. The molecular weight excluding hydrogens is 260 g/mol. The van der Waals surface area contributed by atoms with Crippen molar-refractivity contribution in [2.75, 3.05) is 5.75 Å². The van der Waals surface area contributed by atoms with E-state index in [0.717, 1.165) is 20.7 Å². The van der Waals surface area contributed by atoms with Gasteiger partial charge in [0, 0.05) is 27.1 Å². The van der Waals surface area contributed by atoms with E-state index in [2.05, 4.69) is 29.1 Å². The summed E-state index contributed by atoms with van der Waals surface area (Å²) in [5.74, 6) is 1.19. The van der Waals surface area contributed by atoms with Gasteiger partial charge in [0.1, 0.15) is 0 Å². The Bertz CT molecular complexity index is 349. The third-order valence-corrected chi connectivity index (χ3v) is 3.40. The van der Waals surface area contributed by atoms with Crippen LogP contribution < -0.4 is 0 Å². The van der Waals surface area contributed by atoms with E-state index in [1.165, 1.54) is 0 Å². The predicted octanol–water partition coefficient (Wildman–Crippen LogP) is 3.93. The van der Waals surface area contributed by atoms with E-state index in [4.69, 9.17) is 0 Å². The fourth-order valence-electron chi connectivity index (χ4n) is 1.23. The third-order valence-electron chi connectivity index (χ3n) is 1.83. The Balaban J connectivity index is 0.000000461. The number of hydrogen-bond acceptors (Lipinski definition) is 2. The highest BCUT2D eigenvalue weighted by Crippen LogP contribution is 2.31. The van der Waals surface area contributed by atoms with Crippen molar-refractivity contribution < 1.29 is 4.79 Å². The maximum atomic E-state index is 11.4. The van der Waals surface area contributed by atoms with Crippen LogP contribution in [0.25, 0.3) is 0 Å². The van der Waals surface area contributed by atoms with Crippen molar-refractivity contribution in [2.45, 2.75) is 11.3 Å². The molecule has 0 aliphatic carbocycles. The predicted molar refractivity (Wildman–Crippen MR) is 65.1 cm³/mol. The molecule has 0 radical (unpaired) electrons. The number of fused-ring (bicyclic) bond motifs is 1. The summed E-state index contributed by atoms with van der Waals surface area (Å²) in [6.45, 7) is 6.00. The highest BCUT2D eigenvalue weighted by atomic mass is 79.9. The molecule has 1 aliphatic rings. The van der Waals surface area contributed by atoms with E-state index in [1.54, 1.807) is 11.8 Å². The number of benzene rings is 1. The molecule has 1 aliphatic heterocycles. The maximum Gasteiger partial charge on any atom is 0.164 e. The van der Waals surface area contributed by atoms with Crippen LogP contribution in [0, 0.1) is 0 Å². The quantitative estimate of drug-likeness (QED) is 0.665. The van der Waals surface area contributed by atoms with Gasteiger partial charge in [0.2, 0.25) is 0 Å². The molecule has 1 aromatic carbocycles. The summed E-state index contributed by atoms with van der Waals surface area (Å²) < 4.78 is 0.983. The lowest BCUT2D eigenvalue weighted by Crippen LogP contribution is -2.07. The molecule has 14 heavy (non-hydrogen) atoms. The maximum absolute atomic E-state index is 11.4. The standard InChI is InChI=1S/C9H7BrOS.C2H4/c10-6-1-2-9-7(5-6)8(11)3-4-12-9;1-2/h1-2,5H,3-4H2;1-2H2. The first-order valence-electron chi connectivity index (χ1n) is 4.23. The number of carbonyl (C=O) groups is 1. The van der Waals surface area contributed by atoms with Crippen molar-refractivity contribution in [3.8, 4) is 0 Å². The van der Waals surface area contributed by atoms with Gasteiger partial charge >= 0.3 is 0 Å². The molecule has 0 aromatic heterocycles. The molecular formula is C11H11BrOS.